The van der Waals surface area contributed by atoms with Crippen LogP contribution >= 0.6 is 23.2 Å². The van der Waals surface area contributed by atoms with Crippen molar-refractivity contribution < 1.29 is 9.53 Å². The highest BCUT2D eigenvalue weighted by atomic mass is 35.5. The zero-order valence-corrected chi connectivity index (χ0v) is 20.5. The molecule has 0 saturated carbocycles. The number of ether oxygens (including phenoxy) is 1. The first kappa shape index (κ1) is 23.7. The van der Waals surface area contributed by atoms with E-state index >= 15 is 0 Å². The summed E-state index contributed by atoms with van der Waals surface area (Å²) in [5.41, 5.74) is 3.46. The Bertz CT molecular complexity index is 1480. The van der Waals surface area contributed by atoms with Crippen molar-refractivity contribution in [2.24, 2.45) is 0 Å². The van der Waals surface area contributed by atoms with E-state index in [0.29, 0.717) is 28.2 Å². The number of hydrogen-bond donors (Lipinski definition) is 1. The Morgan fingerprint density at radius 3 is 2.33 bits per heavy atom. The molecule has 0 unspecified atom stereocenters. The van der Waals surface area contributed by atoms with E-state index < -0.39 is 0 Å². The molecule has 3 aromatic carbocycles. The molecule has 9 heteroatoms. The molecule has 0 radical (unpaired) electrons. The fourth-order valence-electron chi connectivity index (χ4n) is 3.59. The molecule has 0 saturated heterocycles. The number of carbonyl (C=O) groups is 1. The highest BCUT2D eigenvalue weighted by molar-refractivity contribution is 6.42. The minimum absolute atomic E-state index is 0.177. The van der Waals surface area contributed by atoms with Crippen LogP contribution < -0.4 is 10.1 Å². The lowest BCUT2D eigenvalue weighted by atomic mass is 10.1. The average molecular weight is 518 g/mol. The molecule has 0 spiro atoms. The molecule has 0 bridgehead atoms. The van der Waals surface area contributed by atoms with Gasteiger partial charge in [0.2, 0.25) is 0 Å². The Kier molecular flexibility index (Phi) is 7.02. The molecule has 5 rings (SSSR count). The Morgan fingerprint density at radius 2 is 1.56 bits per heavy atom. The van der Waals surface area contributed by atoms with Crippen molar-refractivity contribution in [1.82, 2.24) is 19.6 Å². The van der Waals surface area contributed by atoms with Gasteiger partial charge < -0.3 is 10.1 Å². The van der Waals surface area contributed by atoms with Gasteiger partial charge in [-0.05, 0) is 47.0 Å². The molecule has 7 nitrogen and oxygen atoms in total. The van der Waals surface area contributed by atoms with Gasteiger partial charge in [0.1, 0.15) is 5.75 Å². The third kappa shape index (κ3) is 5.76. The van der Waals surface area contributed by atoms with Gasteiger partial charge in [0.05, 0.1) is 16.6 Å². The predicted molar refractivity (Wildman–Crippen MR) is 140 cm³/mol. The van der Waals surface area contributed by atoms with Crippen LogP contribution in [-0.2, 0) is 13.3 Å². The molecule has 1 amide bonds. The van der Waals surface area contributed by atoms with Crippen LogP contribution in [0.4, 0.5) is 5.82 Å². The van der Waals surface area contributed by atoms with Crippen molar-refractivity contribution in [3.63, 3.8) is 0 Å². The molecule has 0 aliphatic carbocycles. The van der Waals surface area contributed by atoms with Crippen LogP contribution in [0.25, 0.3) is 11.1 Å². The molecular weight excluding hydrogens is 497 g/mol. The van der Waals surface area contributed by atoms with Gasteiger partial charge in [0.15, 0.2) is 18.2 Å². The lowest BCUT2D eigenvalue weighted by Gasteiger charge is -2.07. The Labute approximate surface area is 217 Å². The highest BCUT2D eigenvalue weighted by Gasteiger charge is 2.12. The van der Waals surface area contributed by atoms with Gasteiger partial charge in [-0.25, -0.2) is 4.68 Å². The number of halogens is 2. The Balaban J connectivity index is 1.15. The summed E-state index contributed by atoms with van der Waals surface area (Å²) >= 11 is 12.0. The number of anilines is 1. The van der Waals surface area contributed by atoms with Gasteiger partial charge in [-0.15, -0.1) is 0 Å². The van der Waals surface area contributed by atoms with E-state index in [0.717, 1.165) is 16.7 Å². The summed E-state index contributed by atoms with van der Waals surface area (Å²) in [6.45, 7) is 0.668. The summed E-state index contributed by atoms with van der Waals surface area (Å²) in [4.78, 5) is 12.6. The third-order valence-electron chi connectivity index (χ3n) is 5.41. The van der Waals surface area contributed by atoms with E-state index in [1.54, 1.807) is 46.0 Å². The summed E-state index contributed by atoms with van der Waals surface area (Å²) in [6, 6.07) is 26.7. The van der Waals surface area contributed by atoms with Crippen LogP contribution in [0.2, 0.25) is 10.0 Å². The number of rotatable bonds is 8. The number of nitrogens with zero attached hydrogens (tertiary/aromatic N) is 4. The summed E-state index contributed by atoms with van der Waals surface area (Å²) in [7, 11) is 0. The summed E-state index contributed by atoms with van der Waals surface area (Å²) in [6.07, 6.45) is 3.46. The topological polar surface area (TPSA) is 74.0 Å². The maximum Gasteiger partial charge on any atom is 0.277 e. The Hall–Kier alpha value is -4.07. The van der Waals surface area contributed by atoms with Crippen LogP contribution in [-0.4, -0.2) is 25.5 Å². The molecular formula is C27H21Cl2N5O2. The number of benzene rings is 3. The van der Waals surface area contributed by atoms with Gasteiger partial charge in [-0.3, -0.25) is 9.48 Å². The minimum atomic E-state index is -0.360. The Morgan fingerprint density at radius 1 is 0.806 bits per heavy atom. The van der Waals surface area contributed by atoms with E-state index in [2.05, 4.69) is 27.6 Å². The molecule has 2 heterocycles. The molecule has 0 aliphatic rings. The van der Waals surface area contributed by atoms with Gasteiger partial charge in [0.25, 0.3) is 5.91 Å². The highest BCUT2D eigenvalue weighted by Crippen LogP contribution is 2.24. The fourth-order valence-corrected chi connectivity index (χ4v) is 3.91. The molecule has 180 valence electrons. The molecule has 1 N–H and O–H groups in total. The van der Waals surface area contributed by atoms with Crippen molar-refractivity contribution >= 4 is 34.9 Å². The molecule has 0 fully saturated rings. The van der Waals surface area contributed by atoms with E-state index in [1.807, 2.05) is 48.5 Å². The SMILES string of the molecule is O=C(Nc1ccn(Cc2ccc(Cl)c(Cl)c2)n1)c1ccn(COc2ccc(-c3ccccc3)cc2)n1. The number of nitrogens with one attached hydrogen (secondary N) is 1. The lowest BCUT2D eigenvalue weighted by molar-refractivity contribution is 0.101. The number of amides is 1. The monoisotopic (exact) mass is 517 g/mol. The second-order valence-electron chi connectivity index (χ2n) is 8.01. The van der Waals surface area contributed by atoms with Gasteiger partial charge in [-0.1, -0.05) is 71.7 Å². The van der Waals surface area contributed by atoms with Crippen LogP contribution in [0, 0.1) is 0 Å². The predicted octanol–water partition coefficient (Wildman–Crippen LogP) is 6.39. The molecule has 36 heavy (non-hydrogen) atoms. The fraction of sp³-hybridized carbons (Fsp3) is 0.0741. The minimum Gasteiger partial charge on any atom is -0.471 e. The quantitative estimate of drug-likeness (QED) is 0.258. The molecule has 0 aliphatic heterocycles. The van der Waals surface area contributed by atoms with E-state index in [-0.39, 0.29) is 18.3 Å². The third-order valence-corrected chi connectivity index (χ3v) is 6.15. The molecule has 0 atom stereocenters. The normalized spacial score (nSPS) is 10.8. The number of carbonyl (C=O) groups excluding carboxylic acids is 1. The average Bonchev–Trinajstić information content (AvgIpc) is 3.55. The zero-order valence-electron chi connectivity index (χ0n) is 19.0. The van der Waals surface area contributed by atoms with Gasteiger partial charge in [-0.2, -0.15) is 10.2 Å². The summed E-state index contributed by atoms with van der Waals surface area (Å²) in [5, 5.41) is 12.4. The molecule has 2 aromatic heterocycles. The van der Waals surface area contributed by atoms with Crippen LogP contribution in [0.15, 0.2) is 97.3 Å². The van der Waals surface area contributed by atoms with Crippen LogP contribution in [0.3, 0.4) is 0 Å². The standard InChI is InChI=1S/C27H21Cl2N5O2/c28-23-11-6-19(16-24(23)29)17-33-15-13-26(32-33)30-27(35)25-12-14-34(31-25)18-36-22-9-7-21(8-10-22)20-4-2-1-3-5-20/h1-16H,17-18H2,(H,30,32,35). The van der Waals surface area contributed by atoms with Crippen molar-refractivity contribution in [2.45, 2.75) is 13.3 Å². The number of hydrogen-bond acceptors (Lipinski definition) is 4. The van der Waals surface area contributed by atoms with E-state index in [9.17, 15) is 4.79 Å². The molecule has 5 aromatic rings. The van der Waals surface area contributed by atoms with Crippen molar-refractivity contribution in [3.05, 3.63) is 119 Å². The van der Waals surface area contributed by atoms with Crippen LogP contribution in [0.5, 0.6) is 5.75 Å². The summed E-state index contributed by atoms with van der Waals surface area (Å²) < 4.78 is 9.06. The van der Waals surface area contributed by atoms with Crippen molar-refractivity contribution in [3.8, 4) is 16.9 Å². The maximum atomic E-state index is 12.6. The van der Waals surface area contributed by atoms with Crippen molar-refractivity contribution in [2.75, 3.05) is 5.32 Å². The second-order valence-corrected chi connectivity index (χ2v) is 8.82. The smallest absolute Gasteiger partial charge is 0.277 e. The van der Waals surface area contributed by atoms with E-state index in [1.165, 1.54) is 0 Å². The van der Waals surface area contributed by atoms with Gasteiger partial charge in [0, 0.05) is 18.5 Å². The maximum absolute atomic E-state index is 12.6. The lowest BCUT2D eigenvalue weighted by Crippen LogP contribution is -2.15. The first-order chi connectivity index (χ1) is 17.5. The first-order valence-electron chi connectivity index (χ1n) is 11.1. The van der Waals surface area contributed by atoms with Crippen molar-refractivity contribution in [1.29, 1.82) is 0 Å². The zero-order chi connectivity index (χ0) is 24.9. The second kappa shape index (κ2) is 10.7. The van der Waals surface area contributed by atoms with Crippen LogP contribution in [0.1, 0.15) is 16.1 Å². The summed E-state index contributed by atoms with van der Waals surface area (Å²) in [5.74, 6) is 0.772. The largest absolute Gasteiger partial charge is 0.471 e. The van der Waals surface area contributed by atoms with E-state index in [4.69, 9.17) is 27.9 Å². The number of aromatic nitrogens is 4. The first-order valence-corrected chi connectivity index (χ1v) is 11.9. The van der Waals surface area contributed by atoms with Gasteiger partial charge >= 0.3 is 0 Å².